The SMILES string of the molecule is C=C(NCCCN1CCCC1)Nc1snc(-c2ccc(N)cc2)c1C#N. The van der Waals surface area contributed by atoms with Gasteiger partial charge in [-0.15, -0.1) is 0 Å². The van der Waals surface area contributed by atoms with Crippen LogP contribution < -0.4 is 16.4 Å². The molecule has 0 unspecified atom stereocenters. The molecule has 1 saturated heterocycles. The van der Waals surface area contributed by atoms with E-state index < -0.39 is 0 Å². The van der Waals surface area contributed by atoms with Crippen LogP contribution in [0.5, 0.6) is 0 Å². The van der Waals surface area contributed by atoms with Gasteiger partial charge in [0.25, 0.3) is 0 Å². The minimum absolute atomic E-state index is 0.528. The quantitative estimate of drug-likeness (QED) is 0.490. The minimum atomic E-state index is 0.528. The van der Waals surface area contributed by atoms with E-state index in [1.807, 2.05) is 24.3 Å². The standard InChI is InChI=1S/C19H24N6S/c1-14(22-9-4-12-25-10-2-3-11-25)23-19-17(13-20)18(24-26-19)15-5-7-16(21)8-6-15/h5-8,22-23H,1-4,9-12,21H2. The van der Waals surface area contributed by atoms with Crippen molar-refractivity contribution in [3.8, 4) is 17.3 Å². The maximum absolute atomic E-state index is 9.55. The van der Waals surface area contributed by atoms with Gasteiger partial charge in [-0.05, 0) is 62.6 Å². The van der Waals surface area contributed by atoms with Crippen molar-refractivity contribution >= 4 is 22.2 Å². The van der Waals surface area contributed by atoms with E-state index in [-0.39, 0.29) is 0 Å². The Morgan fingerprint density at radius 1 is 1.31 bits per heavy atom. The lowest BCUT2D eigenvalue weighted by atomic mass is 10.1. The van der Waals surface area contributed by atoms with Gasteiger partial charge in [0, 0.05) is 17.8 Å². The maximum Gasteiger partial charge on any atom is 0.133 e. The minimum Gasteiger partial charge on any atom is -0.399 e. The van der Waals surface area contributed by atoms with E-state index in [0.29, 0.717) is 27.8 Å². The van der Waals surface area contributed by atoms with E-state index in [9.17, 15) is 5.26 Å². The van der Waals surface area contributed by atoms with Crippen LogP contribution in [0.2, 0.25) is 0 Å². The smallest absolute Gasteiger partial charge is 0.133 e. The first kappa shape index (κ1) is 18.2. The van der Waals surface area contributed by atoms with Crippen molar-refractivity contribution in [2.45, 2.75) is 19.3 Å². The molecular weight excluding hydrogens is 344 g/mol. The molecule has 1 aliphatic heterocycles. The molecule has 1 fully saturated rings. The van der Waals surface area contributed by atoms with Crippen molar-refractivity contribution in [3.63, 3.8) is 0 Å². The van der Waals surface area contributed by atoms with Crippen LogP contribution in [-0.4, -0.2) is 35.5 Å². The van der Waals surface area contributed by atoms with Crippen LogP contribution >= 0.6 is 11.5 Å². The summed E-state index contributed by atoms with van der Waals surface area (Å²) < 4.78 is 4.43. The average molecular weight is 369 g/mol. The molecule has 3 rings (SSSR count). The first-order chi connectivity index (χ1) is 12.7. The number of hydrogen-bond donors (Lipinski definition) is 3. The molecular formula is C19H24N6S. The van der Waals surface area contributed by atoms with E-state index in [4.69, 9.17) is 5.73 Å². The Labute approximate surface area is 158 Å². The molecule has 2 heterocycles. The Kier molecular flexibility index (Phi) is 6.10. The number of nitrogens with two attached hydrogens (primary N) is 1. The fourth-order valence-corrected chi connectivity index (χ4v) is 3.83. The van der Waals surface area contributed by atoms with Crippen molar-refractivity contribution in [2.75, 3.05) is 37.2 Å². The van der Waals surface area contributed by atoms with Crippen LogP contribution in [0.4, 0.5) is 10.7 Å². The molecule has 136 valence electrons. The third-order valence-corrected chi connectivity index (χ3v) is 5.20. The zero-order chi connectivity index (χ0) is 18.4. The first-order valence-electron chi connectivity index (χ1n) is 8.85. The molecule has 6 nitrogen and oxygen atoms in total. The number of aromatic nitrogens is 1. The van der Waals surface area contributed by atoms with Crippen molar-refractivity contribution in [1.82, 2.24) is 14.6 Å². The molecule has 0 aliphatic carbocycles. The monoisotopic (exact) mass is 368 g/mol. The second-order valence-electron chi connectivity index (χ2n) is 6.40. The second kappa shape index (κ2) is 8.70. The fraction of sp³-hybridized carbons (Fsp3) is 0.368. The Bertz CT molecular complexity index is 783. The topological polar surface area (TPSA) is 90.0 Å². The first-order valence-corrected chi connectivity index (χ1v) is 9.62. The largest absolute Gasteiger partial charge is 0.399 e. The Balaban J connectivity index is 1.55. The van der Waals surface area contributed by atoms with E-state index in [1.165, 1.54) is 37.5 Å². The summed E-state index contributed by atoms with van der Waals surface area (Å²) in [6.45, 7) is 8.42. The molecule has 0 saturated carbocycles. The van der Waals surface area contributed by atoms with Gasteiger partial charge in [0.05, 0.1) is 5.82 Å². The predicted molar refractivity (Wildman–Crippen MR) is 108 cm³/mol. The van der Waals surface area contributed by atoms with Crippen LogP contribution in [0.3, 0.4) is 0 Å². The number of hydrogen-bond acceptors (Lipinski definition) is 7. The fourth-order valence-electron chi connectivity index (χ4n) is 3.05. The van der Waals surface area contributed by atoms with Gasteiger partial charge >= 0.3 is 0 Å². The third-order valence-electron chi connectivity index (χ3n) is 4.44. The zero-order valence-corrected chi connectivity index (χ0v) is 15.6. The van der Waals surface area contributed by atoms with Gasteiger partial charge in [-0.2, -0.15) is 9.64 Å². The average Bonchev–Trinajstić information content (AvgIpc) is 3.29. The summed E-state index contributed by atoms with van der Waals surface area (Å²) in [6.07, 6.45) is 3.71. The maximum atomic E-state index is 9.55. The molecule has 0 bridgehead atoms. The third kappa shape index (κ3) is 4.54. The van der Waals surface area contributed by atoms with Crippen LogP contribution in [0.15, 0.2) is 36.7 Å². The van der Waals surface area contributed by atoms with Gasteiger partial charge in [-0.25, -0.2) is 0 Å². The molecule has 26 heavy (non-hydrogen) atoms. The number of likely N-dealkylation sites (tertiary alicyclic amines) is 1. The van der Waals surface area contributed by atoms with Crippen LogP contribution in [0, 0.1) is 11.3 Å². The van der Waals surface area contributed by atoms with Gasteiger partial charge in [-0.1, -0.05) is 18.7 Å². The molecule has 1 aromatic heterocycles. The normalized spacial score (nSPS) is 14.1. The van der Waals surface area contributed by atoms with Crippen LogP contribution in [-0.2, 0) is 0 Å². The summed E-state index contributed by atoms with van der Waals surface area (Å²) in [5.74, 6) is 0.690. The van der Waals surface area contributed by atoms with Gasteiger partial charge in [0.1, 0.15) is 22.3 Å². The molecule has 0 radical (unpaired) electrons. The van der Waals surface area contributed by atoms with Crippen molar-refractivity contribution < 1.29 is 0 Å². The van der Waals surface area contributed by atoms with E-state index in [1.54, 1.807) is 0 Å². The highest BCUT2D eigenvalue weighted by atomic mass is 32.1. The molecule has 0 amide bonds. The number of nitrogens with one attached hydrogen (secondary N) is 2. The summed E-state index contributed by atoms with van der Waals surface area (Å²) in [4.78, 5) is 2.49. The highest BCUT2D eigenvalue weighted by Crippen LogP contribution is 2.32. The summed E-state index contributed by atoms with van der Waals surface area (Å²) in [6, 6.07) is 9.62. The zero-order valence-electron chi connectivity index (χ0n) is 14.8. The molecule has 7 heteroatoms. The van der Waals surface area contributed by atoms with Crippen molar-refractivity contribution in [3.05, 3.63) is 42.2 Å². The van der Waals surface area contributed by atoms with Crippen LogP contribution in [0.25, 0.3) is 11.3 Å². The lowest BCUT2D eigenvalue weighted by molar-refractivity contribution is 0.333. The van der Waals surface area contributed by atoms with Gasteiger partial charge in [0.2, 0.25) is 0 Å². The number of benzene rings is 1. The molecule has 0 spiro atoms. The molecule has 4 N–H and O–H groups in total. The number of anilines is 2. The summed E-state index contributed by atoms with van der Waals surface area (Å²) in [5.41, 5.74) is 8.49. The lowest BCUT2D eigenvalue weighted by Gasteiger charge is -2.15. The molecule has 0 atom stereocenters. The lowest BCUT2D eigenvalue weighted by Crippen LogP contribution is -2.26. The Hall–Kier alpha value is -2.56. The predicted octanol–water partition coefficient (Wildman–Crippen LogP) is 3.22. The highest BCUT2D eigenvalue weighted by Gasteiger charge is 2.16. The second-order valence-corrected chi connectivity index (χ2v) is 7.18. The Morgan fingerprint density at radius 2 is 2.04 bits per heavy atom. The molecule has 1 aliphatic rings. The number of nitriles is 1. The van der Waals surface area contributed by atoms with Crippen molar-refractivity contribution in [1.29, 1.82) is 5.26 Å². The number of rotatable bonds is 8. The molecule has 1 aromatic carbocycles. The summed E-state index contributed by atoms with van der Waals surface area (Å²) in [7, 11) is 0. The van der Waals surface area contributed by atoms with Gasteiger partial charge < -0.3 is 21.3 Å². The number of nitrogen functional groups attached to an aromatic ring is 1. The van der Waals surface area contributed by atoms with E-state index in [2.05, 4.69) is 32.6 Å². The van der Waals surface area contributed by atoms with E-state index in [0.717, 1.165) is 25.1 Å². The number of nitrogens with zero attached hydrogens (tertiary/aromatic N) is 3. The summed E-state index contributed by atoms with van der Waals surface area (Å²) in [5, 5.41) is 16.7. The van der Waals surface area contributed by atoms with Gasteiger partial charge in [-0.3, -0.25) is 0 Å². The van der Waals surface area contributed by atoms with Crippen LogP contribution in [0.1, 0.15) is 24.8 Å². The Morgan fingerprint density at radius 3 is 2.73 bits per heavy atom. The van der Waals surface area contributed by atoms with Crippen molar-refractivity contribution in [2.24, 2.45) is 0 Å². The molecule has 2 aromatic rings. The summed E-state index contributed by atoms with van der Waals surface area (Å²) >= 11 is 1.26. The van der Waals surface area contributed by atoms with Gasteiger partial charge in [0.15, 0.2) is 0 Å². The highest BCUT2D eigenvalue weighted by molar-refractivity contribution is 7.10. The van der Waals surface area contributed by atoms with E-state index >= 15 is 0 Å².